The van der Waals surface area contributed by atoms with E-state index < -0.39 is 0 Å². The number of para-hydroxylation sites is 1. The van der Waals surface area contributed by atoms with E-state index in [1.807, 2.05) is 48.5 Å². The van der Waals surface area contributed by atoms with Crippen LogP contribution in [0.15, 0.2) is 71.7 Å². The number of aryl methyl sites for hydroxylation is 1. The second-order valence-corrected chi connectivity index (χ2v) is 5.97. The van der Waals surface area contributed by atoms with E-state index in [0.717, 1.165) is 0 Å². The maximum absolute atomic E-state index is 13.0. The zero-order valence-corrected chi connectivity index (χ0v) is 14.8. The van der Waals surface area contributed by atoms with Crippen LogP contribution in [0.3, 0.4) is 0 Å². The van der Waals surface area contributed by atoms with Crippen molar-refractivity contribution in [2.24, 2.45) is 0 Å². The fourth-order valence-electron chi connectivity index (χ4n) is 2.82. The van der Waals surface area contributed by atoms with E-state index in [0.29, 0.717) is 28.2 Å². The van der Waals surface area contributed by atoms with E-state index >= 15 is 0 Å². The molecule has 0 aliphatic rings. The van der Waals surface area contributed by atoms with Gasteiger partial charge < -0.3 is 4.74 Å². The summed E-state index contributed by atoms with van der Waals surface area (Å²) in [4.78, 5) is 26.1. The Balaban J connectivity index is 1.86. The Bertz CT molecular complexity index is 1210. The Morgan fingerprint density at radius 2 is 1.71 bits per heavy atom. The maximum Gasteiger partial charge on any atom is 0.324 e. The second kappa shape index (κ2) is 7.68. The lowest BCUT2D eigenvalue weighted by Crippen LogP contribution is -2.24. The molecule has 0 aliphatic carbocycles. The average molecular weight is 369 g/mol. The van der Waals surface area contributed by atoms with Gasteiger partial charge in [0.1, 0.15) is 17.0 Å². The molecule has 2 heterocycles. The molecule has 0 atom stereocenters. The van der Waals surface area contributed by atoms with Crippen LogP contribution in [0.1, 0.15) is 6.42 Å². The van der Waals surface area contributed by atoms with Crippen molar-refractivity contribution in [2.45, 2.75) is 13.0 Å². The predicted molar refractivity (Wildman–Crippen MR) is 104 cm³/mol. The SMILES string of the molecule is N#CCCn1c(=O)c(-c2ccccc2)nc2cnc(Oc3ccccc3)nc21. The molecular formula is C21H15N5O2. The van der Waals surface area contributed by atoms with Gasteiger partial charge in [-0.25, -0.2) is 9.97 Å². The van der Waals surface area contributed by atoms with E-state index in [9.17, 15) is 4.79 Å². The van der Waals surface area contributed by atoms with Crippen molar-refractivity contribution < 1.29 is 4.74 Å². The zero-order valence-electron chi connectivity index (χ0n) is 14.8. The molecule has 2 aromatic heterocycles. The minimum absolute atomic E-state index is 0.109. The summed E-state index contributed by atoms with van der Waals surface area (Å²) in [5, 5.41) is 8.99. The zero-order chi connectivity index (χ0) is 19.3. The number of aromatic nitrogens is 4. The van der Waals surface area contributed by atoms with Crippen LogP contribution >= 0.6 is 0 Å². The van der Waals surface area contributed by atoms with Crippen LogP contribution in [0.25, 0.3) is 22.4 Å². The molecule has 0 aliphatic heterocycles. The summed E-state index contributed by atoms with van der Waals surface area (Å²) in [6, 6.07) is 20.5. The van der Waals surface area contributed by atoms with E-state index in [2.05, 4.69) is 21.0 Å². The monoisotopic (exact) mass is 369 g/mol. The summed E-state index contributed by atoms with van der Waals surface area (Å²) >= 11 is 0. The summed E-state index contributed by atoms with van der Waals surface area (Å²) in [7, 11) is 0. The smallest absolute Gasteiger partial charge is 0.324 e. The van der Waals surface area contributed by atoms with Crippen molar-refractivity contribution >= 4 is 11.2 Å². The van der Waals surface area contributed by atoms with Crippen LogP contribution in [0.4, 0.5) is 0 Å². The van der Waals surface area contributed by atoms with E-state index in [4.69, 9.17) is 10.00 Å². The molecule has 4 rings (SSSR count). The first-order valence-electron chi connectivity index (χ1n) is 8.69. The number of ether oxygens (including phenoxy) is 1. The van der Waals surface area contributed by atoms with Gasteiger partial charge in [0.15, 0.2) is 5.65 Å². The molecule has 0 fully saturated rings. The molecule has 0 saturated carbocycles. The van der Waals surface area contributed by atoms with Crippen LogP contribution in [0.5, 0.6) is 11.8 Å². The maximum atomic E-state index is 13.0. The van der Waals surface area contributed by atoms with Crippen LogP contribution in [0, 0.1) is 11.3 Å². The third-order valence-electron chi connectivity index (χ3n) is 4.11. The predicted octanol–water partition coefficient (Wildman–Crippen LogP) is 3.56. The van der Waals surface area contributed by atoms with E-state index in [1.54, 1.807) is 12.1 Å². The van der Waals surface area contributed by atoms with E-state index in [1.165, 1.54) is 10.8 Å². The molecule has 0 N–H and O–H groups in total. The number of nitrogens with zero attached hydrogens (tertiary/aromatic N) is 5. The highest BCUT2D eigenvalue weighted by molar-refractivity contribution is 5.73. The Kier molecular flexibility index (Phi) is 4.76. The number of fused-ring (bicyclic) bond motifs is 1. The minimum atomic E-state index is -0.307. The highest BCUT2D eigenvalue weighted by Gasteiger charge is 2.15. The summed E-state index contributed by atoms with van der Waals surface area (Å²) in [5.74, 6) is 0.585. The minimum Gasteiger partial charge on any atom is -0.424 e. The van der Waals surface area contributed by atoms with Crippen molar-refractivity contribution in [1.29, 1.82) is 5.26 Å². The van der Waals surface area contributed by atoms with E-state index in [-0.39, 0.29) is 24.5 Å². The summed E-state index contributed by atoms with van der Waals surface area (Å²) < 4.78 is 7.12. The first-order chi connectivity index (χ1) is 13.8. The van der Waals surface area contributed by atoms with Crippen LogP contribution in [0.2, 0.25) is 0 Å². The molecular weight excluding hydrogens is 354 g/mol. The molecule has 0 spiro atoms. The summed E-state index contributed by atoms with van der Waals surface area (Å²) in [5.41, 5.74) is 1.48. The average Bonchev–Trinajstić information content (AvgIpc) is 2.74. The summed E-state index contributed by atoms with van der Waals surface area (Å²) in [6.45, 7) is 0.204. The van der Waals surface area contributed by atoms with Crippen molar-refractivity contribution in [3.05, 3.63) is 77.2 Å². The van der Waals surface area contributed by atoms with Gasteiger partial charge in [-0.15, -0.1) is 0 Å². The second-order valence-electron chi connectivity index (χ2n) is 5.97. The third kappa shape index (κ3) is 3.44. The molecule has 2 aromatic carbocycles. The molecule has 0 amide bonds. The number of nitriles is 1. The lowest BCUT2D eigenvalue weighted by molar-refractivity contribution is 0.442. The first-order valence-corrected chi connectivity index (χ1v) is 8.69. The van der Waals surface area contributed by atoms with Gasteiger partial charge in [-0.1, -0.05) is 48.5 Å². The molecule has 136 valence electrons. The molecule has 7 nitrogen and oxygen atoms in total. The van der Waals surface area contributed by atoms with Crippen LogP contribution in [-0.4, -0.2) is 19.5 Å². The lowest BCUT2D eigenvalue weighted by atomic mass is 10.1. The summed E-state index contributed by atoms with van der Waals surface area (Å²) in [6.07, 6.45) is 1.70. The molecule has 0 radical (unpaired) electrons. The van der Waals surface area contributed by atoms with Gasteiger partial charge in [0.2, 0.25) is 0 Å². The fourth-order valence-corrected chi connectivity index (χ4v) is 2.82. The molecule has 4 aromatic rings. The quantitative estimate of drug-likeness (QED) is 0.534. The lowest BCUT2D eigenvalue weighted by Gasteiger charge is -2.11. The molecule has 28 heavy (non-hydrogen) atoms. The number of benzene rings is 2. The molecule has 7 heteroatoms. The standard InChI is InChI=1S/C21H15N5O2/c22-12-7-13-26-19-17(24-18(20(26)27)15-8-3-1-4-9-15)14-23-21(25-19)28-16-10-5-2-6-11-16/h1-6,8-11,14H,7,13H2. The molecule has 0 saturated heterocycles. The topological polar surface area (TPSA) is 93.7 Å². The molecule has 0 bridgehead atoms. The van der Waals surface area contributed by atoms with Gasteiger partial charge in [0.05, 0.1) is 18.7 Å². The third-order valence-corrected chi connectivity index (χ3v) is 4.11. The Morgan fingerprint density at radius 1 is 1.00 bits per heavy atom. The fraction of sp³-hybridized carbons (Fsp3) is 0.0952. The van der Waals surface area contributed by atoms with Gasteiger partial charge >= 0.3 is 6.01 Å². The van der Waals surface area contributed by atoms with Crippen molar-refractivity contribution in [2.75, 3.05) is 0 Å². The Labute approximate surface area is 160 Å². The number of rotatable bonds is 5. The van der Waals surface area contributed by atoms with Gasteiger partial charge in [-0.05, 0) is 12.1 Å². The largest absolute Gasteiger partial charge is 0.424 e. The van der Waals surface area contributed by atoms with Gasteiger partial charge in [-0.2, -0.15) is 10.2 Å². The molecule has 0 unspecified atom stereocenters. The van der Waals surface area contributed by atoms with Gasteiger partial charge in [0.25, 0.3) is 5.56 Å². The van der Waals surface area contributed by atoms with Gasteiger partial charge in [-0.3, -0.25) is 9.36 Å². The van der Waals surface area contributed by atoms with Crippen LogP contribution in [-0.2, 0) is 6.54 Å². The normalized spacial score (nSPS) is 10.5. The number of hydrogen-bond acceptors (Lipinski definition) is 6. The van der Waals surface area contributed by atoms with Crippen molar-refractivity contribution in [3.8, 4) is 29.1 Å². The first kappa shape index (κ1) is 17.4. The van der Waals surface area contributed by atoms with Crippen LogP contribution < -0.4 is 10.3 Å². The highest BCUT2D eigenvalue weighted by Crippen LogP contribution is 2.20. The highest BCUT2D eigenvalue weighted by atomic mass is 16.5. The van der Waals surface area contributed by atoms with Gasteiger partial charge in [0, 0.05) is 12.1 Å². The Morgan fingerprint density at radius 3 is 2.43 bits per heavy atom. The Hall–Kier alpha value is -4.05. The van der Waals surface area contributed by atoms with Crippen molar-refractivity contribution in [3.63, 3.8) is 0 Å². The van der Waals surface area contributed by atoms with Crippen molar-refractivity contribution in [1.82, 2.24) is 19.5 Å². The number of hydrogen-bond donors (Lipinski definition) is 0.